The number of nitrogens with zero attached hydrogens (tertiary/aromatic N) is 3. The fourth-order valence-corrected chi connectivity index (χ4v) is 3.25. The lowest BCUT2D eigenvalue weighted by Gasteiger charge is -2.15. The number of nitrogens with one attached hydrogen (secondary N) is 1. The fraction of sp³-hybridized carbons (Fsp3) is 0.389. The van der Waals surface area contributed by atoms with E-state index >= 15 is 0 Å². The van der Waals surface area contributed by atoms with E-state index in [4.69, 9.17) is 11.6 Å². The summed E-state index contributed by atoms with van der Waals surface area (Å²) in [6, 6.07) is 7.31. The van der Waals surface area contributed by atoms with Gasteiger partial charge in [0.1, 0.15) is 0 Å². The number of halogens is 1. The van der Waals surface area contributed by atoms with Crippen molar-refractivity contribution < 1.29 is 9.59 Å². The molecule has 2 amide bonds. The zero-order valence-corrected chi connectivity index (χ0v) is 14.9. The topological polar surface area (TPSA) is 67.2 Å². The third-order valence-corrected chi connectivity index (χ3v) is 4.60. The molecule has 1 N–H and O–H groups in total. The summed E-state index contributed by atoms with van der Waals surface area (Å²) in [5.74, 6) is -0.316. The molecule has 3 rings (SSSR count). The van der Waals surface area contributed by atoms with Gasteiger partial charge in [0.2, 0.25) is 5.91 Å². The molecule has 1 saturated heterocycles. The molecule has 0 aliphatic carbocycles. The number of amides is 2. The van der Waals surface area contributed by atoms with Crippen LogP contribution in [-0.4, -0.2) is 46.1 Å². The molecule has 2 heterocycles. The Morgan fingerprint density at radius 1 is 1.28 bits per heavy atom. The predicted octanol–water partition coefficient (Wildman–Crippen LogP) is 2.44. The first-order valence-electron chi connectivity index (χ1n) is 8.49. The summed E-state index contributed by atoms with van der Waals surface area (Å²) in [7, 11) is 0. The van der Waals surface area contributed by atoms with Crippen molar-refractivity contribution in [3.05, 3.63) is 46.7 Å². The van der Waals surface area contributed by atoms with Crippen LogP contribution in [0.2, 0.25) is 5.02 Å². The standard InChI is InChI=1S/C18H21ClN4O2/c1-2-16-15(11-21-23(16)14-7-5-6-13(19)10-14)18(25)20-12-17(24)22-8-3-4-9-22/h5-7,10-11H,2-4,8-9,12H2,1H3,(H,20,25). The van der Waals surface area contributed by atoms with E-state index in [1.54, 1.807) is 21.7 Å². The van der Waals surface area contributed by atoms with Crippen molar-refractivity contribution in [2.45, 2.75) is 26.2 Å². The number of carbonyl (C=O) groups excluding carboxylic acids is 2. The third kappa shape index (κ3) is 3.85. The molecule has 2 aromatic rings. The third-order valence-electron chi connectivity index (χ3n) is 4.36. The summed E-state index contributed by atoms with van der Waals surface area (Å²) in [5.41, 5.74) is 2.07. The molecular weight excluding hydrogens is 340 g/mol. The molecule has 1 aromatic carbocycles. The van der Waals surface area contributed by atoms with E-state index in [0.29, 0.717) is 17.0 Å². The molecule has 0 saturated carbocycles. The minimum Gasteiger partial charge on any atom is -0.343 e. The van der Waals surface area contributed by atoms with Crippen molar-refractivity contribution in [1.82, 2.24) is 20.0 Å². The molecule has 1 aromatic heterocycles. The summed E-state index contributed by atoms with van der Waals surface area (Å²) >= 11 is 6.04. The first kappa shape index (κ1) is 17.5. The van der Waals surface area contributed by atoms with Crippen LogP contribution < -0.4 is 5.32 Å². The monoisotopic (exact) mass is 360 g/mol. The Bertz CT molecular complexity index is 781. The Morgan fingerprint density at radius 3 is 2.72 bits per heavy atom. The number of likely N-dealkylation sites (tertiary alicyclic amines) is 1. The Kier molecular flexibility index (Phi) is 5.38. The Hall–Kier alpha value is -2.34. The molecular formula is C18H21ClN4O2. The van der Waals surface area contributed by atoms with E-state index in [9.17, 15) is 9.59 Å². The predicted molar refractivity (Wildman–Crippen MR) is 96.1 cm³/mol. The molecule has 1 fully saturated rings. The van der Waals surface area contributed by atoms with E-state index in [1.807, 2.05) is 19.1 Å². The molecule has 0 bridgehead atoms. The number of hydrogen-bond acceptors (Lipinski definition) is 3. The molecule has 0 unspecified atom stereocenters. The molecule has 6 nitrogen and oxygen atoms in total. The van der Waals surface area contributed by atoms with Gasteiger partial charge >= 0.3 is 0 Å². The second-order valence-electron chi connectivity index (χ2n) is 6.02. The van der Waals surface area contributed by atoms with Crippen molar-refractivity contribution in [2.75, 3.05) is 19.6 Å². The van der Waals surface area contributed by atoms with Crippen LogP contribution in [0.25, 0.3) is 5.69 Å². The number of benzene rings is 1. The highest BCUT2D eigenvalue weighted by Gasteiger charge is 2.21. The van der Waals surface area contributed by atoms with Crippen molar-refractivity contribution in [3.8, 4) is 5.69 Å². The van der Waals surface area contributed by atoms with Crippen LogP contribution in [0.15, 0.2) is 30.5 Å². The fourth-order valence-electron chi connectivity index (χ4n) is 3.06. The summed E-state index contributed by atoms with van der Waals surface area (Å²) in [6.45, 7) is 3.54. The maximum atomic E-state index is 12.5. The maximum absolute atomic E-state index is 12.5. The zero-order valence-electron chi connectivity index (χ0n) is 14.2. The highest BCUT2D eigenvalue weighted by atomic mass is 35.5. The zero-order chi connectivity index (χ0) is 17.8. The quantitative estimate of drug-likeness (QED) is 0.890. The van der Waals surface area contributed by atoms with Crippen molar-refractivity contribution in [2.24, 2.45) is 0 Å². The van der Waals surface area contributed by atoms with Gasteiger partial charge in [-0.2, -0.15) is 5.10 Å². The Labute approximate surface area is 151 Å². The van der Waals surface area contributed by atoms with Crippen molar-refractivity contribution in [1.29, 1.82) is 0 Å². The van der Waals surface area contributed by atoms with Gasteiger partial charge in [-0.3, -0.25) is 9.59 Å². The number of carbonyl (C=O) groups is 2. The lowest BCUT2D eigenvalue weighted by molar-refractivity contribution is -0.129. The van der Waals surface area contributed by atoms with Gasteiger partial charge in [-0.15, -0.1) is 0 Å². The summed E-state index contributed by atoms with van der Waals surface area (Å²) in [4.78, 5) is 26.4. The molecule has 1 aliphatic rings. The van der Waals surface area contributed by atoms with Gasteiger partial charge in [0.05, 0.1) is 29.7 Å². The van der Waals surface area contributed by atoms with E-state index in [0.717, 1.165) is 37.3 Å². The molecule has 1 aliphatic heterocycles. The van der Waals surface area contributed by atoms with Crippen LogP contribution in [-0.2, 0) is 11.2 Å². The highest BCUT2D eigenvalue weighted by molar-refractivity contribution is 6.30. The van der Waals surface area contributed by atoms with E-state index in [-0.39, 0.29) is 18.4 Å². The highest BCUT2D eigenvalue weighted by Crippen LogP contribution is 2.19. The first-order chi connectivity index (χ1) is 12.1. The van der Waals surface area contributed by atoms with Gasteiger partial charge in [0.25, 0.3) is 5.91 Å². The van der Waals surface area contributed by atoms with Gasteiger partial charge in [-0.1, -0.05) is 24.6 Å². The summed E-state index contributed by atoms with van der Waals surface area (Å²) < 4.78 is 1.71. The Morgan fingerprint density at radius 2 is 2.04 bits per heavy atom. The molecule has 132 valence electrons. The molecule has 0 radical (unpaired) electrons. The molecule has 0 spiro atoms. The van der Waals surface area contributed by atoms with Gasteiger partial charge in [0, 0.05) is 18.1 Å². The lowest BCUT2D eigenvalue weighted by atomic mass is 10.2. The second kappa shape index (κ2) is 7.70. The SMILES string of the molecule is CCc1c(C(=O)NCC(=O)N2CCCC2)cnn1-c1cccc(Cl)c1. The van der Waals surface area contributed by atoms with E-state index in [2.05, 4.69) is 10.4 Å². The minimum absolute atomic E-state index is 0.0182. The average Bonchev–Trinajstić information content (AvgIpc) is 3.28. The Balaban J connectivity index is 1.73. The van der Waals surface area contributed by atoms with Crippen LogP contribution in [0.5, 0.6) is 0 Å². The normalized spacial score (nSPS) is 13.9. The smallest absolute Gasteiger partial charge is 0.255 e. The van der Waals surface area contributed by atoms with Crippen LogP contribution in [0.1, 0.15) is 35.8 Å². The number of rotatable bonds is 5. The van der Waals surface area contributed by atoms with Gasteiger partial charge in [0.15, 0.2) is 0 Å². The minimum atomic E-state index is -0.280. The number of aromatic nitrogens is 2. The van der Waals surface area contributed by atoms with Crippen LogP contribution in [0.3, 0.4) is 0 Å². The van der Waals surface area contributed by atoms with Crippen LogP contribution >= 0.6 is 11.6 Å². The number of hydrogen-bond donors (Lipinski definition) is 1. The second-order valence-corrected chi connectivity index (χ2v) is 6.46. The average molecular weight is 361 g/mol. The molecule has 7 heteroatoms. The summed E-state index contributed by atoms with van der Waals surface area (Å²) in [6.07, 6.45) is 4.24. The lowest BCUT2D eigenvalue weighted by Crippen LogP contribution is -2.38. The molecule has 0 atom stereocenters. The molecule has 25 heavy (non-hydrogen) atoms. The van der Waals surface area contributed by atoms with Crippen LogP contribution in [0.4, 0.5) is 0 Å². The van der Waals surface area contributed by atoms with E-state index in [1.165, 1.54) is 6.20 Å². The summed E-state index contributed by atoms with van der Waals surface area (Å²) in [5, 5.41) is 7.65. The van der Waals surface area contributed by atoms with Crippen molar-refractivity contribution in [3.63, 3.8) is 0 Å². The van der Waals surface area contributed by atoms with Crippen LogP contribution in [0, 0.1) is 0 Å². The van der Waals surface area contributed by atoms with Gasteiger partial charge in [-0.05, 0) is 37.5 Å². The van der Waals surface area contributed by atoms with Gasteiger partial charge in [-0.25, -0.2) is 4.68 Å². The van der Waals surface area contributed by atoms with Gasteiger partial charge < -0.3 is 10.2 Å². The van der Waals surface area contributed by atoms with E-state index < -0.39 is 0 Å². The first-order valence-corrected chi connectivity index (χ1v) is 8.86. The van der Waals surface area contributed by atoms with Crippen molar-refractivity contribution >= 4 is 23.4 Å². The largest absolute Gasteiger partial charge is 0.343 e. The maximum Gasteiger partial charge on any atom is 0.255 e.